The van der Waals surface area contributed by atoms with Gasteiger partial charge in [-0.05, 0) is 128 Å². The lowest BCUT2D eigenvalue weighted by molar-refractivity contribution is -0.143. The highest BCUT2D eigenvalue weighted by atomic mass is 16.4. The molecule has 0 aromatic rings. The van der Waals surface area contributed by atoms with Crippen molar-refractivity contribution in [3.8, 4) is 0 Å². The summed E-state index contributed by atoms with van der Waals surface area (Å²) in [5.41, 5.74) is 38.5. The van der Waals surface area contributed by atoms with E-state index in [1.54, 1.807) is 34.6 Å². The fraction of sp³-hybridized carbons (Fsp3) is 0.707. The monoisotopic (exact) mass is 1860 g/mol. The number of aliphatic hydroxyl groups excluding tert-OH is 4. The highest BCUT2D eigenvalue weighted by Crippen LogP contribution is 2.15. The second-order valence-electron chi connectivity index (χ2n) is 31.4. The van der Waals surface area contributed by atoms with Crippen LogP contribution in [-0.4, -0.2) is 323 Å². The maximum Gasteiger partial charge on any atom is 0.326 e. The number of amides is 15. The lowest BCUT2D eigenvalue weighted by Gasteiger charge is -2.30. The number of aliphatic hydroxyl groups is 4. The molecular formula is C75H140N32O23. The number of hydrogen-bond donors (Lipinski definition) is 38. The summed E-state index contributed by atoms with van der Waals surface area (Å²) >= 11 is 0. The number of guanidine groups is 5. The molecule has 0 unspecified atom stereocenters. The molecule has 0 saturated heterocycles. The summed E-state index contributed by atoms with van der Waals surface area (Å²) in [5, 5.41) is 147. The maximum atomic E-state index is 14.5. The van der Waals surface area contributed by atoms with Gasteiger partial charge in [-0.1, -0.05) is 48.0 Å². The van der Waals surface area contributed by atoms with E-state index >= 15 is 0 Å². The molecule has 0 bridgehead atoms. The molecule has 55 nitrogen and oxygen atoms in total. The molecule has 17 atom stereocenters. The number of rotatable bonds is 66. The first-order chi connectivity index (χ1) is 61.0. The Morgan fingerprint density at radius 3 is 0.969 bits per heavy atom. The SMILES string of the molecule is CC[C@H](C)[C@H](NC(=O)[C@H](CC(C)C)NC(=O)[C@H](CCCCN)NC(=O)[C@H](CO)NC(=O)[C@H](CC(=O)O)NC(=O)CNC(=O)[C@H](CCCNC(=N)N)NC(=O)[C@@H](N)[C@@H](C)O)C(=O)N[C@@H](CO)C(=O)N[C@@H](CCCNC(=N)N)C(=O)N[C@@H](CO)C(=O)N[C@@H](CCCNC(=N)N)C(=O)N[C@@H](CCCNC(=N)N)C(=O)N[C@@H](C)C(=O)N[C@H](C(=O)N[C@@H](CCCNC(=N)N)C(=O)O)C(C)C. The van der Waals surface area contributed by atoms with Crippen molar-refractivity contribution in [1.29, 1.82) is 27.0 Å². The van der Waals surface area contributed by atoms with Gasteiger partial charge in [-0.15, -0.1) is 0 Å². The van der Waals surface area contributed by atoms with E-state index in [1.165, 1.54) is 20.8 Å². The molecule has 0 aliphatic heterocycles. The Bertz CT molecular complexity index is 3790. The molecule has 0 aliphatic carbocycles. The molecule has 0 fully saturated rings. The van der Waals surface area contributed by atoms with E-state index in [0.717, 1.165) is 0 Å². The summed E-state index contributed by atoms with van der Waals surface area (Å²) in [6, 6.07) is -24.6. The van der Waals surface area contributed by atoms with E-state index in [9.17, 15) is 112 Å². The second-order valence-corrected chi connectivity index (χ2v) is 31.4. The number of carbonyl (C=O) groups excluding carboxylic acids is 15. The van der Waals surface area contributed by atoms with Gasteiger partial charge in [0.1, 0.15) is 90.6 Å². The molecular weight excluding hydrogens is 1720 g/mol. The van der Waals surface area contributed by atoms with Gasteiger partial charge in [-0.2, -0.15) is 0 Å². The minimum atomic E-state index is -1.99. The molecule has 0 aliphatic rings. The third-order valence-corrected chi connectivity index (χ3v) is 19.5. The van der Waals surface area contributed by atoms with Crippen molar-refractivity contribution in [1.82, 2.24) is 106 Å². The van der Waals surface area contributed by atoms with Crippen LogP contribution >= 0.6 is 0 Å². The molecule has 0 heterocycles. The minimum Gasteiger partial charge on any atom is -0.481 e. The summed E-state index contributed by atoms with van der Waals surface area (Å²) in [4.78, 5) is 233. The molecule has 0 spiro atoms. The number of aliphatic carboxylic acids is 2. The third kappa shape index (κ3) is 48.3. The largest absolute Gasteiger partial charge is 0.481 e. The van der Waals surface area contributed by atoms with Crippen molar-refractivity contribution in [2.24, 2.45) is 57.9 Å². The van der Waals surface area contributed by atoms with Crippen molar-refractivity contribution < 1.29 is 112 Å². The van der Waals surface area contributed by atoms with Crippen LogP contribution in [0.1, 0.15) is 158 Å². The first-order valence-corrected chi connectivity index (χ1v) is 42.3. The maximum absolute atomic E-state index is 14.5. The predicted molar refractivity (Wildman–Crippen MR) is 469 cm³/mol. The summed E-state index contributed by atoms with van der Waals surface area (Å²) in [7, 11) is 0. The van der Waals surface area contributed by atoms with Crippen LogP contribution in [0.15, 0.2) is 0 Å². The minimum absolute atomic E-state index is 0.0187. The molecule has 45 N–H and O–H groups in total. The number of carboxylic acid groups (broad SMARTS) is 2. The van der Waals surface area contributed by atoms with Crippen molar-refractivity contribution in [3.05, 3.63) is 0 Å². The Morgan fingerprint density at radius 2 is 0.631 bits per heavy atom. The van der Waals surface area contributed by atoms with Crippen LogP contribution in [-0.2, 0) is 81.5 Å². The van der Waals surface area contributed by atoms with Crippen LogP contribution in [0.4, 0.5) is 0 Å². The predicted octanol–water partition coefficient (Wildman–Crippen LogP) is -13.7. The zero-order chi connectivity index (χ0) is 99.2. The molecule has 130 heavy (non-hydrogen) atoms. The van der Waals surface area contributed by atoms with Crippen LogP contribution in [0, 0.1) is 44.8 Å². The second kappa shape index (κ2) is 63.1. The average Bonchev–Trinajstić information content (AvgIpc) is 0.845. The number of unbranched alkanes of at least 4 members (excludes halogenated alkanes) is 1. The van der Waals surface area contributed by atoms with Crippen LogP contribution in [0.25, 0.3) is 0 Å². The van der Waals surface area contributed by atoms with Gasteiger partial charge in [0.2, 0.25) is 88.6 Å². The van der Waals surface area contributed by atoms with Gasteiger partial charge in [0, 0.05) is 32.7 Å². The summed E-state index contributed by atoms with van der Waals surface area (Å²) in [6.07, 6.45) is -3.15. The molecule has 15 amide bonds. The number of carbonyl (C=O) groups is 17. The highest BCUT2D eigenvalue weighted by Gasteiger charge is 2.40. The summed E-state index contributed by atoms with van der Waals surface area (Å²) < 4.78 is 0. The molecule has 738 valence electrons. The molecule has 0 rings (SSSR count). The van der Waals surface area contributed by atoms with E-state index in [4.69, 9.17) is 67.2 Å². The van der Waals surface area contributed by atoms with Crippen LogP contribution in [0.2, 0.25) is 0 Å². The van der Waals surface area contributed by atoms with E-state index in [2.05, 4.69) is 106 Å². The van der Waals surface area contributed by atoms with Crippen molar-refractivity contribution in [3.63, 3.8) is 0 Å². The van der Waals surface area contributed by atoms with Crippen LogP contribution < -0.4 is 146 Å². The number of nitrogens with two attached hydrogens (primary N) is 7. The quantitative estimate of drug-likeness (QED) is 0.0153. The van der Waals surface area contributed by atoms with E-state index < -0.39 is 272 Å². The van der Waals surface area contributed by atoms with Gasteiger partial charge in [0.25, 0.3) is 0 Å². The van der Waals surface area contributed by atoms with E-state index in [0.29, 0.717) is 0 Å². The Labute approximate surface area is 751 Å². The molecule has 0 saturated carbocycles. The van der Waals surface area contributed by atoms with E-state index in [1.807, 2.05) is 0 Å². The average molecular weight is 1860 g/mol. The van der Waals surface area contributed by atoms with Crippen LogP contribution in [0.3, 0.4) is 0 Å². The summed E-state index contributed by atoms with van der Waals surface area (Å²) in [5.74, 6) is -23.4. The molecule has 0 aromatic carbocycles. The zero-order valence-corrected chi connectivity index (χ0v) is 74.5. The summed E-state index contributed by atoms with van der Waals surface area (Å²) in [6.45, 7) is 7.63. The zero-order valence-electron chi connectivity index (χ0n) is 74.5. The Balaban J connectivity index is 7.10. The number of hydrogen-bond acceptors (Lipinski definition) is 28. The number of nitrogens with one attached hydrogen (secondary N) is 25. The standard InChI is InChI=1S/C75H140N32O23/c1-9-37(6)55(107-63(122)46(29-35(2)3)102-60(119)41(17-10-11-23-76)97-65(124)49(33-109)104-62(121)47(30-52(113)114)95-51(112)31-93-57(116)40(18-12-24-88-71(78)79)100-67(126)53(77)39(8)111)69(128)105-50(34-110)66(125)99-44(21-15-27-91-74(84)85)61(120)103-48(32-108)64(123)98-43(20-14-26-90-73(82)83)59(118)96-42(19-13-25-89-72(80)81)58(117)94-38(7)56(115)106-54(36(4)5)68(127)101-45(70(129)130)22-16-28-92-75(86)87/h35-50,53-55,108-111H,9-34,76-77H2,1-8H3,(H,93,116)(H,94,117)(H,95,112)(H,96,118)(H,97,124)(H,98,123)(H,99,125)(H,100,126)(H,101,127)(H,102,119)(H,103,120)(H,104,121)(H,105,128)(H,106,115)(H,107,122)(H,113,114)(H,129,130)(H4,78,79,88)(H4,80,81,89)(H4,82,83,90)(H4,84,85,91)(H4,86,87,92)/t37-,38-,39+,40-,41-,42-,43-,44-,45-,46-,47-,48-,49-,50-,53-,54-,55-/m0/s1. The van der Waals surface area contributed by atoms with Crippen molar-refractivity contribution in [2.45, 2.75) is 255 Å². The van der Waals surface area contributed by atoms with Gasteiger partial charge < -0.3 is 177 Å². The molecule has 55 heteroatoms. The van der Waals surface area contributed by atoms with Gasteiger partial charge in [0.15, 0.2) is 29.8 Å². The third-order valence-electron chi connectivity index (χ3n) is 19.5. The highest BCUT2D eigenvalue weighted by molar-refractivity contribution is 6.01. The normalized spacial score (nSPS) is 14.9. The Hall–Kier alpha value is -12.9. The lowest BCUT2D eigenvalue weighted by atomic mass is 9.96. The first-order valence-electron chi connectivity index (χ1n) is 42.3. The van der Waals surface area contributed by atoms with Crippen LogP contribution in [0.5, 0.6) is 0 Å². The van der Waals surface area contributed by atoms with Crippen molar-refractivity contribution in [2.75, 3.05) is 65.6 Å². The Kier molecular flexibility index (Phi) is 56.9. The Morgan fingerprint density at radius 1 is 0.331 bits per heavy atom. The molecule has 0 aromatic heterocycles. The number of carboxylic acids is 2. The fourth-order valence-electron chi connectivity index (χ4n) is 12.0. The van der Waals surface area contributed by atoms with Crippen molar-refractivity contribution >= 4 is 130 Å². The van der Waals surface area contributed by atoms with Gasteiger partial charge in [0.05, 0.1) is 38.9 Å². The van der Waals surface area contributed by atoms with Gasteiger partial charge in [-0.3, -0.25) is 104 Å². The van der Waals surface area contributed by atoms with Gasteiger partial charge in [-0.25, -0.2) is 4.79 Å². The lowest BCUT2D eigenvalue weighted by Crippen LogP contribution is -2.62. The topological polar surface area (TPSA) is 954 Å². The fourth-order valence-corrected chi connectivity index (χ4v) is 12.0. The van der Waals surface area contributed by atoms with E-state index in [-0.39, 0.29) is 142 Å². The first kappa shape index (κ1) is 117. The van der Waals surface area contributed by atoms with Gasteiger partial charge >= 0.3 is 11.9 Å². The smallest absolute Gasteiger partial charge is 0.326 e. The molecule has 0 radical (unpaired) electrons.